The Morgan fingerprint density at radius 3 is 2.62 bits per heavy atom. The van der Waals surface area contributed by atoms with E-state index in [1.807, 2.05) is 0 Å². The molecule has 0 aliphatic heterocycles. The summed E-state index contributed by atoms with van der Waals surface area (Å²) in [5, 5.41) is 0.425. The molecule has 2 N–H and O–H groups in total. The molecule has 0 aliphatic rings. The zero-order valence-corrected chi connectivity index (χ0v) is 13.1. The van der Waals surface area contributed by atoms with Crippen molar-refractivity contribution in [2.75, 3.05) is 12.3 Å². The van der Waals surface area contributed by atoms with Gasteiger partial charge in [-0.05, 0) is 30.3 Å². The molecule has 108 valence electrons. The highest BCUT2D eigenvalue weighted by molar-refractivity contribution is 9.10. The number of rotatable bonds is 4. The highest BCUT2D eigenvalue weighted by Gasteiger charge is 2.14. The summed E-state index contributed by atoms with van der Waals surface area (Å²) in [5.41, 5.74) is 6.54. The summed E-state index contributed by atoms with van der Waals surface area (Å²) in [5.74, 6) is -0.954. The summed E-state index contributed by atoms with van der Waals surface area (Å²) in [6.45, 7) is -0.350. The Kier molecular flexibility index (Phi) is 4.98. The molecule has 0 heterocycles. The first-order valence-corrected chi connectivity index (χ1v) is 7.15. The molecule has 0 spiro atoms. The van der Waals surface area contributed by atoms with E-state index < -0.39 is 5.97 Å². The topological polar surface area (TPSA) is 69.4 Å². The van der Waals surface area contributed by atoms with Gasteiger partial charge in [0.15, 0.2) is 12.4 Å². The van der Waals surface area contributed by atoms with Crippen molar-refractivity contribution in [3.63, 3.8) is 0 Å². The molecule has 2 aromatic carbocycles. The molecule has 0 amide bonds. The van der Waals surface area contributed by atoms with E-state index in [0.29, 0.717) is 10.6 Å². The second kappa shape index (κ2) is 6.74. The van der Waals surface area contributed by atoms with Crippen LogP contribution in [0.5, 0.6) is 0 Å². The minimum atomic E-state index is -0.660. The van der Waals surface area contributed by atoms with Gasteiger partial charge in [-0.3, -0.25) is 4.79 Å². The molecule has 0 atom stereocenters. The summed E-state index contributed by atoms with van der Waals surface area (Å²) < 4.78 is 5.76. The van der Waals surface area contributed by atoms with Gasteiger partial charge in [0, 0.05) is 20.7 Å². The van der Waals surface area contributed by atoms with Crippen LogP contribution < -0.4 is 5.73 Å². The smallest absolute Gasteiger partial charge is 0.340 e. The molecule has 0 saturated heterocycles. The van der Waals surface area contributed by atoms with Crippen LogP contribution >= 0.6 is 27.5 Å². The van der Waals surface area contributed by atoms with E-state index in [2.05, 4.69) is 15.9 Å². The number of hydrogen-bond acceptors (Lipinski definition) is 4. The zero-order valence-electron chi connectivity index (χ0n) is 10.8. The van der Waals surface area contributed by atoms with Crippen molar-refractivity contribution in [3.8, 4) is 0 Å². The molecule has 0 fully saturated rings. The molecular formula is C15H11BrClNO3. The van der Waals surface area contributed by atoms with Gasteiger partial charge in [-0.15, -0.1) is 0 Å². The van der Waals surface area contributed by atoms with Gasteiger partial charge in [-0.1, -0.05) is 39.7 Å². The van der Waals surface area contributed by atoms with Crippen LogP contribution in [0.15, 0.2) is 46.9 Å². The number of anilines is 1. The number of ether oxygens (including phenoxy) is 1. The summed E-state index contributed by atoms with van der Waals surface area (Å²) in [4.78, 5) is 23.8. The Balaban J connectivity index is 2.02. The maximum Gasteiger partial charge on any atom is 0.340 e. The third-order valence-corrected chi connectivity index (χ3v) is 3.44. The molecule has 0 bridgehead atoms. The van der Waals surface area contributed by atoms with E-state index in [9.17, 15) is 9.59 Å². The molecule has 4 nitrogen and oxygen atoms in total. The molecule has 0 radical (unpaired) electrons. The zero-order chi connectivity index (χ0) is 15.4. The first-order valence-electron chi connectivity index (χ1n) is 5.98. The van der Waals surface area contributed by atoms with E-state index in [-0.39, 0.29) is 23.6 Å². The molecule has 2 rings (SSSR count). The summed E-state index contributed by atoms with van der Waals surface area (Å²) in [7, 11) is 0. The first-order chi connectivity index (χ1) is 9.97. The van der Waals surface area contributed by atoms with Gasteiger partial charge in [-0.25, -0.2) is 4.79 Å². The van der Waals surface area contributed by atoms with Gasteiger partial charge in [0.25, 0.3) is 0 Å². The van der Waals surface area contributed by atoms with Crippen molar-refractivity contribution < 1.29 is 14.3 Å². The van der Waals surface area contributed by atoms with Gasteiger partial charge in [-0.2, -0.15) is 0 Å². The van der Waals surface area contributed by atoms with Gasteiger partial charge in [0.1, 0.15) is 0 Å². The van der Waals surface area contributed by atoms with Crippen LogP contribution in [-0.2, 0) is 4.74 Å². The van der Waals surface area contributed by atoms with Crippen LogP contribution in [0.1, 0.15) is 20.7 Å². The molecule has 0 unspecified atom stereocenters. The second-order valence-corrected chi connectivity index (χ2v) is 5.59. The molecule has 0 saturated carbocycles. The number of nitrogen functional groups attached to an aromatic ring is 1. The number of halogens is 2. The van der Waals surface area contributed by atoms with Crippen molar-refractivity contribution in [2.45, 2.75) is 0 Å². The lowest BCUT2D eigenvalue weighted by molar-refractivity contribution is 0.0476. The number of ketones is 1. The molecule has 21 heavy (non-hydrogen) atoms. The fourth-order valence-electron chi connectivity index (χ4n) is 1.67. The highest BCUT2D eigenvalue weighted by Crippen LogP contribution is 2.19. The standard InChI is InChI=1S/C15H11BrClNO3/c16-10-3-1-2-9(6-10)14(19)8-21-15(20)12-5-4-11(17)7-13(12)18/h1-7H,8,18H2. The maximum atomic E-state index is 11.9. The average Bonchev–Trinajstić information content (AvgIpc) is 2.44. The fraction of sp³-hybridized carbons (Fsp3) is 0.0667. The van der Waals surface area contributed by atoms with Crippen LogP contribution in [0.4, 0.5) is 5.69 Å². The fourth-order valence-corrected chi connectivity index (χ4v) is 2.25. The van der Waals surface area contributed by atoms with Gasteiger partial charge in [0.05, 0.1) is 5.56 Å². The van der Waals surface area contributed by atoms with Crippen LogP contribution in [0.2, 0.25) is 5.02 Å². The number of carbonyl (C=O) groups excluding carboxylic acids is 2. The second-order valence-electron chi connectivity index (χ2n) is 4.24. The van der Waals surface area contributed by atoms with Crippen LogP contribution in [0.3, 0.4) is 0 Å². The van der Waals surface area contributed by atoms with Crippen LogP contribution in [-0.4, -0.2) is 18.4 Å². The predicted molar refractivity (Wildman–Crippen MR) is 84.6 cm³/mol. The lowest BCUT2D eigenvalue weighted by Gasteiger charge is -2.07. The van der Waals surface area contributed by atoms with Gasteiger partial charge in [0.2, 0.25) is 0 Å². The molecule has 0 aliphatic carbocycles. The maximum absolute atomic E-state index is 11.9. The number of Topliss-reactive ketones (excluding diaryl/α,β-unsaturated/α-hetero) is 1. The number of hydrogen-bond donors (Lipinski definition) is 1. The third-order valence-electron chi connectivity index (χ3n) is 2.71. The quantitative estimate of drug-likeness (QED) is 0.507. The van der Waals surface area contributed by atoms with Gasteiger partial charge < -0.3 is 10.5 Å². The SMILES string of the molecule is Nc1cc(Cl)ccc1C(=O)OCC(=O)c1cccc(Br)c1. The van der Waals surface area contributed by atoms with E-state index >= 15 is 0 Å². The minimum absolute atomic E-state index is 0.182. The Morgan fingerprint density at radius 2 is 1.95 bits per heavy atom. The number of esters is 1. The first kappa shape index (κ1) is 15.5. The Labute approximate surface area is 135 Å². The lowest BCUT2D eigenvalue weighted by Crippen LogP contribution is -2.15. The number of benzene rings is 2. The van der Waals surface area contributed by atoms with Crippen molar-refractivity contribution >= 4 is 45.0 Å². The van der Waals surface area contributed by atoms with Crippen molar-refractivity contribution in [2.24, 2.45) is 0 Å². The summed E-state index contributed by atoms with van der Waals surface area (Å²) in [6, 6.07) is 11.3. The van der Waals surface area contributed by atoms with E-state index in [4.69, 9.17) is 22.1 Å². The van der Waals surface area contributed by atoms with Crippen molar-refractivity contribution in [1.82, 2.24) is 0 Å². The third kappa shape index (κ3) is 4.06. The Morgan fingerprint density at radius 1 is 1.19 bits per heavy atom. The normalized spacial score (nSPS) is 10.2. The van der Waals surface area contributed by atoms with Crippen LogP contribution in [0, 0.1) is 0 Å². The number of carbonyl (C=O) groups is 2. The monoisotopic (exact) mass is 367 g/mol. The highest BCUT2D eigenvalue weighted by atomic mass is 79.9. The Bertz CT molecular complexity index is 703. The summed E-state index contributed by atoms with van der Waals surface area (Å²) in [6.07, 6.45) is 0. The minimum Gasteiger partial charge on any atom is -0.454 e. The van der Waals surface area contributed by atoms with Crippen molar-refractivity contribution in [1.29, 1.82) is 0 Å². The predicted octanol–water partition coefficient (Wildman–Crippen LogP) is 3.72. The Hall–Kier alpha value is -1.85. The average molecular weight is 369 g/mol. The van der Waals surface area contributed by atoms with E-state index in [1.54, 1.807) is 24.3 Å². The molecular weight excluding hydrogens is 358 g/mol. The largest absolute Gasteiger partial charge is 0.454 e. The van der Waals surface area contributed by atoms with Gasteiger partial charge >= 0.3 is 5.97 Å². The summed E-state index contributed by atoms with van der Waals surface area (Å²) >= 11 is 9.03. The molecule has 6 heteroatoms. The number of nitrogens with two attached hydrogens (primary N) is 1. The lowest BCUT2D eigenvalue weighted by atomic mass is 10.1. The molecule has 2 aromatic rings. The van der Waals surface area contributed by atoms with E-state index in [1.165, 1.54) is 18.2 Å². The van der Waals surface area contributed by atoms with Crippen molar-refractivity contribution in [3.05, 3.63) is 63.1 Å². The van der Waals surface area contributed by atoms with Crippen LogP contribution in [0.25, 0.3) is 0 Å². The molecule has 0 aromatic heterocycles. The van der Waals surface area contributed by atoms with E-state index in [0.717, 1.165) is 4.47 Å².